The van der Waals surface area contributed by atoms with Crippen molar-refractivity contribution in [2.75, 3.05) is 21.3 Å². The number of nitrogens with one attached hydrogen (secondary N) is 1. The lowest BCUT2D eigenvalue weighted by molar-refractivity contribution is 0.323. The molecule has 0 heterocycles. The van der Waals surface area contributed by atoms with E-state index in [1.807, 2.05) is 12.1 Å². The fourth-order valence-corrected chi connectivity index (χ4v) is 1.67. The van der Waals surface area contributed by atoms with Crippen LogP contribution in [0.2, 0.25) is 0 Å². The zero-order valence-electron chi connectivity index (χ0n) is 11.9. The van der Waals surface area contributed by atoms with E-state index in [4.69, 9.17) is 14.2 Å². The van der Waals surface area contributed by atoms with E-state index >= 15 is 0 Å². The largest absolute Gasteiger partial charge is 0.493 e. The molecule has 0 bridgehead atoms. The molecule has 0 aromatic heterocycles. The highest BCUT2D eigenvalue weighted by Gasteiger charge is 2.13. The van der Waals surface area contributed by atoms with Crippen LogP contribution in [0.3, 0.4) is 0 Å². The highest BCUT2D eigenvalue weighted by molar-refractivity contribution is 5.53. The molecule has 0 aliphatic heterocycles. The number of hydrogen-bond donors (Lipinski definition) is 1. The average Bonchev–Trinajstić information content (AvgIpc) is 2.43. The van der Waals surface area contributed by atoms with Gasteiger partial charge in [-0.3, -0.25) is 0 Å². The number of methoxy groups -OCH3 is 3. The maximum Gasteiger partial charge on any atom is 0.203 e. The summed E-state index contributed by atoms with van der Waals surface area (Å²) in [6.07, 6.45) is 1.10. The van der Waals surface area contributed by atoms with Gasteiger partial charge in [0.05, 0.1) is 21.3 Å². The van der Waals surface area contributed by atoms with Crippen molar-refractivity contribution in [3.63, 3.8) is 0 Å². The second-order valence-electron chi connectivity index (χ2n) is 4.22. The van der Waals surface area contributed by atoms with Gasteiger partial charge in [-0.05, 0) is 31.0 Å². The molecule has 1 aromatic carbocycles. The first-order valence-electron chi connectivity index (χ1n) is 6.18. The molecule has 0 saturated carbocycles. The molecule has 1 aromatic rings. The molecule has 4 heteroatoms. The van der Waals surface area contributed by atoms with Gasteiger partial charge in [0, 0.05) is 12.6 Å². The van der Waals surface area contributed by atoms with E-state index in [2.05, 4.69) is 19.2 Å². The van der Waals surface area contributed by atoms with Crippen molar-refractivity contribution in [3.8, 4) is 17.2 Å². The normalized spacial score (nSPS) is 12.1. The zero-order chi connectivity index (χ0) is 13.5. The molecule has 4 nitrogen and oxygen atoms in total. The van der Waals surface area contributed by atoms with E-state index in [0.717, 1.165) is 18.5 Å². The summed E-state index contributed by atoms with van der Waals surface area (Å²) in [5.74, 6) is 2.02. The summed E-state index contributed by atoms with van der Waals surface area (Å²) in [7, 11) is 4.86. The molecule has 0 saturated heterocycles. The van der Waals surface area contributed by atoms with Crippen LogP contribution >= 0.6 is 0 Å². The Bertz CT molecular complexity index is 354. The van der Waals surface area contributed by atoms with E-state index in [1.54, 1.807) is 21.3 Å². The third-order valence-electron chi connectivity index (χ3n) is 2.99. The lowest BCUT2D eigenvalue weighted by Gasteiger charge is -2.16. The van der Waals surface area contributed by atoms with Gasteiger partial charge in [-0.2, -0.15) is 0 Å². The molecule has 0 aliphatic rings. The van der Waals surface area contributed by atoms with Gasteiger partial charge in [0.1, 0.15) is 0 Å². The smallest absolute Gasteiger partial charge is 0.203 e. The minimum atomic E-state index is 0.490. The van der Waals surface area contributed by atoms with Crippen molar-refractivity contribution in [2.24, 2.45) is 0 Å². The van der Waals surface area contributed by atoms with Gasteiger partial charge in [0.25, 0.3) is 0 Å². The van der Waals surface area contributed by atoms with Gasteiger partial charge in [0.15, 0.2) is 11.5 Å². The Balaban J connectivity index is 2.93. The van der Waals surface area contributed by atoms with Gasteiger partial charge in [-0.15, -0.1) is 0 Å². The lowest BCUT2D eigenvalue weighted by atomic mass is 10.1. The van der Waals surface area contributed by atoms with Crippen LogP contribution in [0.25, 0.3) is 0 Å². The topological polar surface area (TPSA) is 39.7 Å². The number of ether oxygens (including phenoxy) is 3. The Morgan fingerprint density at radius 1 is 1.06 bits per heavy atom. The number of hydrogen-bond acceptors (Lipinski definition) is 4. The van der Waals surface area contributed by atoms with Crippen LogP contribution in [0.15, 0.2) is 12.1 Å². The first-order chi connectivity index (χ1) is 8.65. The summed E-state index contributed by atoms with van der Waals surface area (Å²) in [5.41, 5.74) is 1.12. The second-order valence-corrected chi connectivity index (χ2v) is 4.22. The third kappa shape index (κ3) is 3.53. The Morgan fingerprint density at radius 2 is 1.61 bits per heavy atom. The number of benzene rings is 1. The van der Waals surface area contributed by atoms with Crippen LogP contribution in [-0.2, 0) is 6.54 Å². The molecule has 18 heavy (non-hydrogen) atoms. The van der Waals surface area contributed by atoms with E-state index in [-0.39, 0.29) is 0 Å². The molecule has 0 amide bonds. The van der Waals surface area contributed by atoms with E-state index < -0.39 is 0 Å². The average molecular weight is 253 g/mol. The molecule has 0 aliphatic carbocycles. The van der Waals surface area contributed by atoms with Gasteiger partial charge in [-0.1, -0.05) is 6.92 Å². The Morgan fingerprint density at radius 3 is 2.00 bits per heavy atom. The van der Waals surface area contributed by atoms with Crippen LogP contribution < -0.4 is 19.5 Å². The minimum absolute atomic E-state index is 0.490. The molecular weight excluding hydrogens is 230 g/mol. The molecule has 0 unspecified atom stereocenters. The first-order valence-corrected chi connectivity index (χ1v) is 6.18. The molecule has 0 radical (unpaired) electrons. The van der Waals surface area contributed by atoms with Crippen molar-refractivity contribution in [2.45, 2.75) is 32.9 Å². The van der Waals surface area contributed by atoms with Crippen LogP contribution in [-0.4, -0.2) is 27.4 Å². The standard InChI is InChI=1S/C14H23NO3/c1-6-10(2)15-9-11-7-12(16-3)14(18-5)13(8-11)17-4/h7-8,10,15H,6,9H2,1-5H3/t10-/m0/s1. The van der Waals surface area contributed by atoms with Gasteiger partial charge in [0.2, 0.25) is 5.75 Å². The maximum atomic E-state index is 5.32. The first kappa shape index (κ1) is 14.6. The van der Waals surface area contributed by atoms with Crippen molar-refractivity contribution >= 4 is 0 Å². The monoisotopic (exact) mass is 253 g/mol. The fourth-order valence-electron chi connectivity index (χ4n) is 1.67. The highest BCUT2D eigenvalue weighted by Crippen LogP contribution is 2.38. The van der Waals surface area contributed by atoms with Crippen LogP contribution in [0.5, 0.6) is 17.2 Å². The number of rotatable bonds is 7. The maximum absolute atomic E-state index is 5.32. The van der Waals surface area contributed by atoms with Gasteiger partial charge in [-0.25, -0.2) is 0 Å². The summed E-state index contributed by atoms with van der Waals surface area (Å²) >= 11 is 0. The molecule has 1 rings (SSSR count). The Kier molecular flexibility index (Phi) is 5.78. The molecule has 102 valence electrons. The lowest BCUT2D eigenvalue weighted by Crippen LogP contribution is -2.24. The summed E-state index contributed by atoms with van der Waals surface area (Å²) in [6.45, 7) is 5.11. The SMILES string of the molecule is CC[C@H](C)NCc1cc(OC)c(OC)c(OC)c1. The molecular formula is C14H23NO3. The Hall–Kier alpha value is -1.42. The third-order valence-corrected chi connectivity index (χ3v) is 2.99. The van der Waals surface area contributed by atoms with Crippen molar-refractivity contribution in [1.29, 1.82) is 0 Å². The molecule has 1 atom stereocenters. The summed E-state index contributed by atoms with van der Waals surface area (Å²) in [6, 6.07) is 4.43. The quantitative estimate of drug-likeness (QED) is 0.811. The van der Waals surface area contributed by atoms with Crippen LogP contribution in [0.1, 0.15) is 25.8 Å². The van der Waals surface area contributed by atoms with Gasteiger partial charge < -0.3 is 19.5 Å². The summed E-state index contributed by atoms with van der Waals surface area (Å²) in [5, 5.41) is 3.44. The van der Waals surface area contributed by atoms with E-state index in [1.165, 1.54) is 0 Å². The van der Waals surface area contributed by atoms with Crippen molar-refractivity contribution in [1.82, 2.24) is 5.32 Å². The summed E-state index contributed by atoms with van der Waals surface area (Å²) in [4.78, 5) is 0. The molecule has 0 spiro atoms. The van der Waals surface area contributed by atoms with Crippen molar-refractivity contribution in [3.05, 3.63) is 17.7 Å². The second kappa shape index (κ2) is 7.11. The summed E-state index contributed by atoms with van der Waals surface area (Å²) < 4.78 is 15.9. The van der Waals surface area contributed by atoms with Crippen LogP contribution in [0.4, 0.5) is 0 Å². The highest BCUT2D eigenvalue weighted by atomic mass is 16.5. The van der Waals surface area contributed by atoms with E-state index in [9.17, 15) is 0 Å². The Labute approximate surface area is 109 Å². The predicted molar refractivity (Wildman–Crippen MR) is 72.7 cm³/mol. The van der Waals surface area contributed by atoms with Gasteiger partial charge >= 0.3 is 0 Å². The van der Waals surface area contributed by atoms with E-state index in [0.29, 0.717) is 23.3 Å². The van der Waals surface area contributed by atoms with Crippen molar-refractivity contribution < 1.29 is 14.2 Å². The molecule has 1 N–H and O–H groups in total. The van der Waals surface area contributed by atoms with Crippen LogP contribution in [0, 0.1) is 0 Å². The fraction of sp³-hybridized carbons (Fsp3) is 0.571. The minimum Gasteiger partial charge on any atom is -0.493 e. The zero-order valence-corrected chi connectivity index (χ0v) is 11.9. The molecule has 0 fully saturated rings. The predicted octanol–water partition coefficient (Wildman–Crippen LogP) is 2.60.